The maximum absolute atomic E-state index is 4.42. The molecule has 1 fully saturated rings. The van der Waals surface area contributed by atoms with Gasteiger partial charge in [-0.15, -0.1) is 0 Å². The molecule has 1 aromatic heterocycles. The van der Waals surface area contributed by atoms with Gasteiger partial charge in [0, 0.05) is 19.3 Å². The summed E-state index contributed by atoms with van der Waals surface area (Å²) in [5, 5.41) is 0. The van der Waals surface area contributed by atoms with Gasteiger partial charge < -0.3 is 4.90 Å². The highest BCUT2D eigenvalue weighted by Gasteiger charge is 2.18. The van der Waals surface area contributed by atoms with Crippen LogP contribution in [0.5, 0.6) is 0 Å². The van der Waals surface area contributed by atoms with E-state index in [0.29, 0.717) is 0 Å². The summed E-state index contributed by atoms with van der Waals surface area (Å²) in [7, 11) is 0. The molecule has 0 amide bonds. The van der Waals surface area contributed by atoms with Crippen LogP contribution in [0.15, 0.2) is 18.3 Å². The lowest BCUT2D eigenvalue weighted by atomic mass is 9.94. The van der Waals surface area contributed by atoms with E-state index < -0.39 is 0 Å². The minimum Gasteiger partial charge on any atom is -0.357 e. The summed E-state index contributed by atoms with van der Waals surface area (Å²) in [4.78, 5) is 6.81. The van der Waals surface area contributed by atoms with E-state index in [-0.39, 0.29) is 0 Å². The van der Waals surface area contributed by atoms with Crippen molar-refractivity contribution in [3.8, 4) is 0 Å². The molecule has 2 nitrogen and oxygen atoms in total. The molecule has 1 aromatic rings. The van der Waals surface area contributed by atoms with E-state index >= 15 is 0 Å². The molecule has 0 N–H and O–H groups in total. The molecule has 1 aliphatic rings. The Labute approximate surface area is 92.3 Å². The van der Waals surface area contributed by atoms with Crippen molar-refractivity contribution < 1.29 is 0 Å². The molecular weight excluding hydrogens is 184 g/mol. The molecule has 2 rings (SSSR count). The highest BCUT2D eigenvalue weighted by molar-refractivity contribution is 5.40. The van der Waals surface area contributed by atoms with E-state index in [1.165, 1.54) is 18.4 Å². The van der Waals surface area contributed by atoms with Crippen LogP contribution in [0.3, 0.4) is 0 Å². The first kappa shape index (κ1) is 10.5. The third-order valence-electron chi connectivity index (χ3n) is 3.25. The van der Waals surface area contributed by atoms with Gasteiger partial charge in [0.2, 0.25) is 0 Å². The van der Waals surface area contributed by atoms with Crippen molar-refractivity contribution in [2.75, 3.05) is 18.0 Å². The second-order valence-corrected chi connectivity index (χ2v) is 4.41. The molecule has 0 atom stereocenters. The second kappa shape index (κ2) is 4.65. The Hall–Kier alpha value is -1.05. The Morgan fingerprint density at radius 3 is 2.80 bits per heavy atom. The van der Waals surface area contributed by atoms with Gasteiger partial charge in [0.05, 0.1) is 0 Å². The second-order valence-electron chi connectivity index (χ2n) is 4.41. The van der Waals surface area contributed by atoms with E-state index in [4.69, 9.17) is 0 Å². The molecule has 2 heteroatoms. The van der Waals surface area contributed by atoms with Crippen LogP contribution in [0.25, 0.3) is 0 Å². The minimum absolute atomic E-state index is 0.825. The molecule has 1 radical (unpaired) electrons. The fraction of sp³-hybridized carbons (Fsp3) is 0.538. The fourth-order valence-electron chi connectivity index (χ4n) is 2.14. The standard InChI is InChI=1S/C13H19N2/c1-3-12-5-8-15(9-6-12)13-10-11(2)4-7-14-13/h4,7,10,12H,1,3,5-6,8-9H2,2H3. The monoisotopic (exact) mass is 203 g/mol. The lowest BCUT2D eigenvalue weighted by molar-refractivity contribution is 0.407. The van der Waals surface area contributed by atoms with Gasteiger partial charge in [-0.3, -0.25) is 0 Å². The molecule has 0 aliphatic carbocycles. The first-order chi connectivity index (χ1) is 7.29. The Morgan fingerprint density at radius 1 is 1.47 bits per heavy atom. The molecule has 81 valence electrons. The third kappa shape index (κ3) is 2.49. The highest BCUT2D eigenvalue weighted by atomic mass is 15.2. The molecular formula is C13H19N2. The maximum Gasteiger partial charge on any atom is 0.128 e. The van der Waals surface area contributed by atoms with Crippen LogP contribution >= 0.6 is 0 Å². The predicted molar refractivity (Wildman–Crippen MR) is 63.9 cm³/mol. The zero-order valence-electron chi connectivity index (χ0n) is 9.45. The van der Waals surface area contributed by atoms with Crippen molar-refractivity contribution in [3.05, 3.63) is 30.8 Å². The zero-order valence-corrected chi connectivity index (χ0v) is 9.45. The largest absolute Gasteiger partial charge is 0.357 e. The number of anilines is 1. The van der Waals surface area contributed by atoms with Gasteiger partial charge in [0.15, 0.2) is 0 Å². The first-order valence-corrected chi connectivity index (χ1v) is 5.76. The van der Waals surface area contributed by atoms with Crippen LogP contribution < -0.4 is 4.90 Å². The molecule has 0 spiro atoms. The summed E-state index contributed by atoms with van der Waals surface area (Å²) in [5.41, 5.74) is 1.29. The molecule has 1 saturated heterocycles. The number of nitrogens with zero attached hydrogens (tertiary/aromatic N) is 2. The average Bonchev–Trinajstić information content (AvgIpc) is 2.29. The number of rotatable bonds is 2. The molecule has 0 saturated carbocycles. The van der Waals surface area contributed by atoms with Crippen LogP contribution in [0, 0.1) is 19.8 Å². The average molecular weight is 203 g/mol. The van der Waals surface area contributed by atoms with Gasteiger partial charge in [-0.25, -0.2) is 4.98 Å². The number of hydrogen-bond acceptors (Lipinski definition) is 2. The summed E-state index contributed by atoms with van der Waals surface area (Å²) in [6.07, 6.45) is 5.51. The first-order valence-electron chi connectivity index (χ1n) is 5.76. The fourth-order valence-corrected chi connectivity index (χ4v) is 2.14. The summed E-state index contributed by atoms with van der Waals surface area (Å²) in [5.74, 6) is 1.96. The third-order valence-corrected chi connectivity index (χ3v) is 3.25. The number of aromatic nitrogens is 1. The molecule has 0 aromatic carbocycles. The summed E-state index contributed by atoms with van der Waals surface area (Å²) in [6.45, 7) is 8.38. The van der Waals surface area contributed by atoms with Gasteiger partial charge in [0.25, 0.3) is 0 Å². The van der Waals surface area contributed by atoms with Gasteiger partial charge >= 0.3 is 0 Å². The number of hydrogen-bond donors (Lipinski definition) is 0. The predicted octanol–water partition coefficient (Wildman–Crippen LogP) is 2.83. The number of aryl methyl sites for hydroxylation is 1. The van der Waals surface area contributed by atoms with Crippen LogP contribution in [0.1, 0.15) is 24.8 Å². The molecule has 1 aliphatic heterocycles. The van der Waals surface area contributed by atoms with Gasteiger partial charge in [-0.2, -0.15) is 0 Å². The van der Waals surface area contributed by atoms with Crippen LogP contribution in [0.2, 0.25) is 0 Å². The lowest BCUT2D eigenvalue weighted by Gasteiger charge is -2.32. The molecule has 2 heterocycles. The Bertz CT molecular complexity index is 314. The topological polar surface area (TPSA) is 16.1 Å². The maximum atomic E-state index is 4.42. The van der Waals surface area contributed by atoms with E-state index in [1.807, 2.05) is 12.3 Å². The van der Waals surface area contributed by atoms with Gasteiger partial charge in [-0.05, 0) is 43.4 Å². The summed E-state index contributed by atoms with van der Waals surface area (Å²) >= 11 is 0. The smallest absolute Gasteiger partial charge is 0.128 e. The molecule has 0 bridgehead atoms. The van der Waals surface area contributed by atoms with Crippen molar-refractivity contribution in [2.45, 2.75) is 26.2 Å². The molecule has 15 heavy (non-hydrogen) atoms. The highest BCUT2D eigenvalue weighted by Crippen LogP contribution is 2.23. The van der Waals surface area contributed by atoms with Gasteiger partial charge in [-0.1, -0.05) is 13.3 Å². The minimum atomic E-state index is 0.825. The zero-order chi connectivity index (χ0) is 10.7. The quantitative estimate of drug-likeness (QED) is 0.734. The Morgan fingerprint density at radius 2 is 2.20 bits per heavy atom. The van der Waals surface area contributed by atoms with Crippen molar-refractivity contribution in [1.82, 2.24) is 4.98 Å². The van der Waals surface area contributed by atoms with Crippen molar-refractivity contribution in [2.24, 2.45) is 5.92 Å². The van der Waals surface area contributed by atoms with Crippen LogP contribution in [0.4, 0.5) is 5.82 Å². The van der Waals surface area contributed by atoms with E-state index in [0.717, 1.165) is 31.2 Å². The summed E-state index contributed by atoms with van der Waals surface area (Å²) < 4.78 is 0. The molecule has 0 unspecified atom stereocenters. The lowest BCUT2D eigenvalue weighted by Crippen LogP contribution is -2.34. The normalized spacial score (nSPS) is 18.1. The number of pyridine rings is 1. The van der Waals surface area contributed by atoms with E-state index in [9.17, 15) is 0 Å². The Kier molecular flexibility index (Phi) is 3.24. The van der Waals surface area contributed by atoms with Crippen molar-refractivity contribution in [1.29, 1.82) is 0 Å². The van der Waals surface area contributed by atoms with Crippen molar-refractivity contribution in [3.63, 3.8) is 0 Å². The number of piperidine rings is 1. The SMILES string of the molecule is [CH2]CC1CCN(c2cc(C)ccn2)CC1. The Balaban J connectivity index is 2.01. The van der Waals surface area contributed by atoms with Crippen LogP contribution in [-0.4, -0.2) is 18.1 Å². The van der Waals surface area contributed by atoms with E-state index in [1.54, 1.807) is 0 Å². The van der Waals surface area contributed by atoms with E-state index in [2.05, 4.69) is 29.8 Å². The van der Waals surface area contributed by atoms with Crippen LogP contribution in [-0.2, 0) is 0 Å². The van der Waals surface area contributed by atoms with Crippen molar-refractivity contribution >= 4 is 5.82 Å². The van der Waals surface area contributed by atoms with Gasteiger partial charge in [0.1, 0.15) is 5.82 Å². The summed E-state index contributed by atoms with van der Waals surface area (Å²) in [6, 6.07) is 4.22.